The predicted octanol–water partition coefficient (Wildman–Crippen LogP) is 3.02. The summed E-state index contributed by atoms with van der Waals surface area (Å²) in [5, 5.41) is 0. The number of carbonyl (C=O) groups is 1. The van der Waals surface area contributed by atoms with Crippen LogP contribution in [-0.4, -0.2) is 38.9 Å². The van der Waals surface area contributed by atoms with Crippen LogP contribution in [0.5, 0.6) is 23.0 Å². The molecule has 0 atom stereocenters. The number of hydrogen-bond acceptors (Lipinski definition) is 6. The van der Waals surface area contributed by atoms with Gasteiger partial charge in [0.05, 0.1) is 38.7 Å². The lowest BCUT2D eigenvalue weighted by Gasteiger charge is -2.12. The largest absolute Gasteiger partial charge is 0.497 e. The monoisotopic (exact) mass is 388 g/mol. The molecule has 2 aromatic carbocycles. The van der Waals surface area contributed by atoms with Gasteiger partial charge in [-0.2, -0.15) is 4.99 Å². The van der Waals surface area contributed by atoms with Crippen molar-refractivity contribution in [3.63, 3.8) is 0 Å². The van der Waals surface area contributed by atoms with Gasteiger partial charge in [0.1, 0.15) is 5.75 Å². The standard InChI is InChI=1S/C19H20N2O5S/c1-21-13-7-6-12(23-2)10-16(13)27-19(21)20-18(22)11-8-14(24-3)17(26-5)15(9-11)25-4/h6-10H,1-5H3. The zero-order valence-electron chi connectivity index (χ0n) is 15.7. The van der Waals surface area contributed by atoms with Gasteiger partial charge in [-0.05, 0) is 30.3 Å². The lowest BCUT2D eigenvalue weighted by molar-refractivity contribution is 0.0997. The van der Waals surface area contributed by atoms with Crippen molar-refractivity contribution in [3.05, 3.63) is 40.7 Å². The minimum Gasteiger partial charge on any atom is -0.497 e. The van der Waals surface area contributed by atoms with Crippen molar-refractivity contribution >= 4 is 27.5 Å². The molecule has 3 aromatic rings. The SMILES string of the molecule is COc1ccc2c(c1)sc(=NC(=O)c1cc(OC)c(OC)c(OC)c1)n2C. The van der Waals surface area contributed by atoms with Gasteiger partial charge in [0.25, 0.3) is 5.91 Å². The zero-order chi connectivity index (χ0) is 19.6. The van der Waals surface area contributed by atoms with Crippen molar-refractivity contribution < 1.29 is 23.7 Å². The molecular formula is C19H20N2O5S. The summed E-state index contributed by atoms with van der Waals surface area (Å²) >= 11 is 1.41. The van der Waals surface area contributed by atoms with Crippen molar-refractivity contribution in [1.29, 1.82) is 0 Å². The van der Waals surface area contributed by atoms with E-state index in [-0.39, 0.29) is 0 Å². The normalized spacial score (nSPS) is 11.5. The zero-order valence-corrected chi connectivity index (χ0v) is 16.5. The third kappa shape index (κ3) is 3.48. The van der Waals surface area contributed by atoms with E-state index in [0.717, 1.165) is 16.0 Å². The average Bonchev–Trinajstić information content (AvgIpc) is 3.01. The van der Waals surface area contributed by atoms with Gasteiger partial charge in [-0.25, -0.2) is 0 Å². The molecule has 0 aliphatic rings. The third-order valence-electron chi connectivity index (χ3n) is 4.13. The maximum absolute atomic E-state index is 12.8. The highest BCUT2D eigenvalue weighted by Crippen LogP contribution is 2.38. The molecule has 0 saturated heterocycles. The Bertz CT molecular complexity index is 1040. The van der Waals surface area contributed by atoms with E-state index >= 15 is 0 Å². The third-order valence-corrected chi connectivity index (χ3v) is 5.22. The second-order valence-corrected chi connectivity index (χ2v) is 6.62. The number of thiazole rings is 1. The van der Waals surface area contributed by atoms with Crippen LogP contribution in [-0.2, 0) is 7.05 Å². The molecule has 0 aliphatic heterocycles. The molecule has 3 rings (SSSR count). The maximum Gasteiger partial charge on any atom is 0.279 e. The summed E-state index contributed by atoms with van der Waals surface area (Å²) in [6.07, 6.45) is 0. The number of aryl methyl sites for hydroxylation is 1. The summed E-state index contributed by atoms with van der Waals surface area (Å²) in [6, 6.07) is 8.91. The molecule has 1 heterocycles. The Kier molecular flexibility index (Phi) is 5.36. The molecule has 7 nitrogen and oxygen atoms in total. The van der Waals surface area contributed by atoms with E-state index < -0.39 is 5.91 Å². The average molecular weight is 388 g/mol. The van der Waals surface area contributed by atoms with E-state index in [9.17, 15) is 4.79 Å². The predicted molar refractivity (Wildman–Crippen MR) is 103 cm³/mol. The Morgan fingerprint density at radius 3 is 2.19 bits per heavy atom. The number of fused-ring (bicyclic) bond motifs is 1. The van der Waals surface area contributed by atoms with Crippen molar-refractivity contribution in [1.82, 2.24) is 4.57 Å². The fourth-order valence-electron chi connectivity index (χ4n) is 2.70. The number of carbonyl (C=O) groups excluding carboxylic acids is 1. The number of nitrogens with zero attached hydrogens (tertiary/aromatic N) is 2. The quantitative estimate of drug-likeness (QED) is 0.672. The van der Waals surface area contributed by atoms with Crippen molar-refractivity contribution in [2.24, 2.45) is 12.0 Å². The van der Waals surface area contributed by atoms with Crippen LogP contribution in [0.3, 0.4) is 0 Å². The summed E-state index contributed by atoms with van der Waals surface area (Å²) in [5.41, 5.74) is 1.32. The van der Waals surface area contributed by atoms with Gasteiger partial charge < -0.3 is 23.5 Å². The number of hydrogen-bond donors (Lipinski definition) is 0. The molecule has 0 fully saturated rings. The number of ether oxygens (including phenoxy) is 4. The molecule has 0 radical (unpaired) electrons. The highest BCUT2D eigenvalue weighted by molar-refractivity contribution is 7.16. The lowest BCUT2D eigenvalue weighted by atomic mass is 10.1. The first kappa shape index (κ1) is 18.8. The van der Waals surface area contributed by atoms with E-state index in [0.29, 0.717) is 27.6 Å². The number of rotatable bonds is 5. The molecule has 142 valence electrons. The van der Waals surface area contributed by atoms with Crippen LogP contribution < -0.4 is 23.7 Å². The number of aromatic nitrogens is 1. The highest BCUT2D eigenvalue weighted by Gasteiger charge is 2.17. The summed E-state index contributed by atoms with van der Waals surface area (Å²) in [4.78, 5) is 17.6. The van der Waals surface area contributed by atoms with Crippen LogP contribution in [0.2, 0.25) is 0 Å². The number of benzene rings is 2. The van der Waals surface area contributed by atoms with Gasteiger partial charge in [-0.3, -0.25) is 4.79 Å². The summed E-state index contributed by atoms with van der Waals surface area (Å²) in [6.45, 7) is 0. The minimum absolute atomic E-state index is 0.347. The van der Waals surface area contributed by atoms with Gasteiger partial charge >= 0.3 is 0 Å². The van der Waals surface area contributed by atoms with E-state index in [4.69, 9.17) is 18.9 Å². The van der Waals surface area contributed by atoms with Crippen molar-refractivity contribution in [3.8, 4) is 23.0 Å². The van der Waals surface area contributed by atoms with E-state index in [2.05, 4.69) is 4.99 Å². The molecule has 0 bridgehead atoms. The molecular weight excluding hydrogens is 368 g/mol. The lowest BCUT2D eigenvalue weighted by Crippen LogP contribution is -2.13. The molecule has 0 spiro atoms. The summed E-state index contributed by atoms with van der Waals surface area (Å²) in [5.74, 6) is 1.59. The van der Waals surface area contributed by atoms with Crippen LogP contribution in [0.15, 0.2) is 35.3 Å². The maximum atomic E-state index is 12.8. The molecule has 1 amide bonds. The summed E-state index contributed by atoms with van der Waals surface area (Å²) in [7, 11) is 8.00. The molecule has 0 saturated carbocycles. The van der Waals surface area contributed by atoms with Crippen molar-refractivity contribution in [2.45, 2.75) is 0 Å². The molecule has 0 aliphatic carbocycles. The van der Waals surface area contributed by atoms with Crippen LogP contribution in [0, 0.1) is 0 Å². The van der Waals surface area contributed by atoms with Crippen LogP contribution >= 0.6 is 11.3 Å². The Labute approximate surface area is 160 Å². The molecule has 0 unspecified atom stereocenters. The Balaban J connectivity index is 2.09. The molecule has 8 heteroatoms. The van der Waals surface area contributed by atoms with E-state index in [1.54, 1.807) is 19.2 Å². The van der Waals surface area contributed by atoms with Gasteiger partial charge in [0, 0.05) is 12.6 Å². The first-order chi connectivity index (χ1) is 13.0. The van der Waals surface area contributed by atoms with Gasteiger partial charge in [0.15, 0.2) is 16.3 Å². The Morgan fingerprint density at radius 1 is 0.963 bits per heavy atom. The Morgan fingerprint density at radius 2 is 1.63 bits per heavy atom. The second kappa shape index (κ2) is 7.71. The minimum atomic E-state index is -0.400. The fourth-order valence-corrected chi connectivity index (χ4v) is 3.75. The molecule has 0 N–H and O–H groups in total. The van der Waals surface area contributed by atoms with Gasteiger partial charge in [-0.15, -0.1) is 0 Å². The fraction of sp³-hybridized carbons (Fsp3) is 0.263. The van der Waals surface area contributed by atoms with Gasteiger partial charge in [0.2, 0.25) is 5.75 Å². The number of methoxy groups -OCH3 is 4. The first-order valence-corrected chi connectivity index (χ1v) is 8.86. The van der Waals surface area contributed by atoms with Gasteiger partial charge in [-0.1, -0.05) is 11.3 Å². The smallest absolute Gasteiger partial charge is 0.279 e. The topological polar surface area (TPSA) is 71.3 Å². The molecule has 1 aromatic heterocycles. The van der Waals surface area contributed by atoms with Crippen molar-refractivity contribution in [2.75, 3.05) is 28.4 Å². The highest BCUT2D eigenvalue weighted by atomic mass is 32.1. The van der Waals surface area contributed by atoms with Crippen LogP contribution in [0.25, 0.3) is 10.2 Å². The van der Waals surface area contributed by atoms with Crippen LogP contribution in [0.1, 0.15) is 10.4 Å². The van der Waals surface area contributed by atoms with Crippen LogP contribution in [0.4, 0.5) is 0 Å². The Hall–Kier alpha value is -3.00. The summed E-state index contributed by atoms with van der Waals surface area (Å²) < 4.78 is 24.0. The van der Waals surface area contributed by atoms with E-state index in [1.807, 2.05) is 29.8 Å². The first-order valence-electron chi connectivity index (χ1n) is 8.05. The second-order valence-electron chi connectivity index (χ2n) is 5.61. The number of amides is 1. The molecule has 27 heavy (non-hydrogen) atoms. The van der Waals surface area contributed by atoms with E-state index in [1.165, 1.54) is 32.7 Å².